The summed E-state index contributed by atoms with van der Waals surface area (Å²) in [4.78, 5) is 7.72. The Morgan fingerprint density at radius 2 is 2.11 bits per heavy atom. The van der Waals surface area contributed by atoms with Gasteiger partial charge in [-0.3, -0.25) is 4.57 Å². The number of aromatic nitrogens is 4. The summed E-state index contributed by atoms with van der Waals surface area (Å²) in [7, 11) is 0. The molecule has 6 heteroatoms. The molecule has 1 N–H and O–H groups in total. The van der Waals surface area contributed by atoms with Crippen LogP contribution in [0.15, 0.2) is 16.7 Å². The molecule has 0 aliphatic heterocycles. The number of hydrogen-bond acceptors (Lipinski definition) is 4. The summed E-state index contributed by atoms with van der Waals surface area (Å²) in [6, 6.07) is 3.96. The van der Waals surface area contributed by atoms with Gasteiger partial charge in [0.2, 0.25) is 0 Å². The third-order valence-corrected chi connectivity index (χ3v) is 3.58. The zero-order valence-corrected chi connectivity index (χ0v) is 11.8. The Kier molecular flexibility index (Phi) is 2.74. The van der Waals surface area contributed by atoms with E-state index in [0.717, 1.165) is 33.9 Å². The number of imidazole rings is 1. The monoisotopic (exact) mass is 274 g/mol. The molecule has 0 aromatic carbocycles. The zero-order chi connectivity index (χ0) is 13.6. The highest BCUT2D eigenvalue weighted by Crippen LogP contribution is 2.18. The molecule has 0 spiro atoms. The minimum atomic E-state index is 0.621. The van der Waals surface area contributed by atoms with Crippen LogP contribution in [-0.2, 0) is 6.54 Å². The summed E-state index contributed by atoms with van der Waals surface area (Å²) in [5.41, 5.74) is 4.73. The lowest BCUT2D eigenvalue weighted by molar-refractivity contribution is 0.392. The Bertz CT molecular complexity index is 792. The lowest BCUT2D eigenvalue weighted by Gasteiger charge is -2.03. The summed E-state index contributed by atoms with van der Waals surface area (Å²) < 4.78 is 7.83. The summed E-state index contributed by atoms with van der Waals surface area (Å²) in [6.07, 6.45) is 0. The van der Waals surface area contributed by atoms with Crippen molar-refractivity contribution in [3.05, 3.63) is 39.6 Å². The fourth-order valence-electron chi connectivity index (χ4n) is 2.16. The molecule has 0 fully saturated rings. The molecular weight excluding hydrogens is 260 g/mol. The second-order valence-corrected chi connectivity index (χ2v) is 5.03. The van der Waals surface area contributed by atoms with Crippen LogP contribution >= 0.6 is 12.2 Å². The predicted molar refractivity (Wildman–Crippen MR) is 74.7 cm³/mol. The first-order valence-electron chi connectivity index (χ1n) is 6.04. The number of nitrogens with one attached hydrogen (secondary N) is 1. The quantitative estimate of drug-likeness (QED) is 0.730. The van der Waals surface area contributed by atoms with E-state index in [0.29, 0.717) is 11.3 Å². The fourth-order valence-corrected chi connectivity index (χ4v) is 2.42. The number of nitrogens with zero attached hydrogens (tertiary/aromatic N) is 3. The zero-order valence-electron chi connectivity index (χ0n) is 11.0. The summed E-state index contributed by atoms with van der Waals surface area (Å²) in [6.45, 7) is 6.43. The smallest absolute Gasteiger partial charge is 0.179 e. The minimum Gasteiger partial charge on any atom is -0.361 e. The number of fused-ring (bicyclic) bond motifs is 1. The van der Waals surface area contributed by atoms with E-state index in [1.807, 2.05) is 37.5 Å². The highest BCUT2D eigenvalue weighted by Gasteiger charge is 2.13. The van der Waals surface area contributed by atoms with E-state index in [2.05, 4.69) is 15.1 Å². The summed E-state index contributed by atoms with van der Waals surface area (Å²) in [5.74, 6) is 0.821. The molecule has 0 radical (unpaired) electrons. The standard InChI is InChI=1S/C13H14N4OS/c1-7-4-5-11-12(14-7)17(13(19)15-11)6-10-8(2)16-18-9(10)3/h4-5H,6H2,1-3H3,(H,15,19). The highest BCUT2D eigenvalue weighted by molar-refractivity contribution is 7.71. The Hall–Kier alpha value is -1.95. The largest absolute Gasteiger partial charge is 0.361 e. The van der Waals surface area contributed by atoms with Crippen molar-refractivity contribution < 1.29 is 4.52 Å². The number of aryl methyl sites for hydroxylation is 3. The van der Waals surface area contributed by atoms with Crippen LogP contribution in [-0.4, -0.2) is 19.7 Å². The first-order valence-corrected chi connectivity index (χ1v) is 6.45. The molecule has 0 saturated carbocycles. The van der Waals surface area contributed by atoms with Gasteiger partial charge < -0.3 is 9.51 Å². The Morgan fingerprint density at radius 1 is 1.32 bits per heavy atom. The lowest BCUT2D eigenvalue weighted by Crippen LogP contribution is -2.03. The maximum absolute atomic E-state index is 5.37. The summed E-state index contributed by atoms with van der Waals surface area (Å²) >= 11 is 5.37. The maximum Gasteiger partial charge on any atom is 0.179 e. The number of pyridine rings is 1. The average molecular weight is 274 g/mol. The maximum atomic E-state index is 5.37. The Balaban J connectivity index is 2.18. The molecule has 3 aromatic rings. The molecule has 3 heterocycles. The van der Waals surface area contributed by atoms with Crippen molar-refractivity contribution in [1.82, 2.24) is 19.7 Å². The number of H-pyrrole nitrogens is 1. The molecule has 0 amide bonds. The van der Waals surface area contributed by atoms with E-state index in [4.69, 9.17) is 16.7 Å². The van der Waals surface area contributed by atoms with E-state index >= 15 is 0 Å². The van der Waals surface area contributed by atoms with Gasteiger partial charge in [-0.15, -0.1) is 0 Å². The second-order valence-electron chi connectivity index (χ2n) is 4.64. The van der Waals surface area contributed by atoms with Gasteiger partial charge in [0.15, 0.2) is 10.4 Å². The molecule has 3 aromatic heterocycles. The van der Waals surface area contributed by atoms with Crippen LogP contribution in [0, 0.1) is 25.5 Å². The molecule has 3 rings (SSSR count). The van der Waals surface area contributed by atoms with Crippen LogP contribution in [0.25, 0.3) is 11.2 Å². The van der Waals surface area contributed by atoms with Gasteiger partial charge in [0.05, 0.1) is 17.8 Å². The van der Waals surface area contributed by atoms with Gasteiger partial charge in [-0.25, -0.2) is 4.98 Å². The van der Waals surface area contributed by atoms with Crippen LogP contribution in [0.1, 0.15) is 22.7 Å². The third-order valence-electron chi connectivity index (χ3n) is 3.25. The Morgan fingerprint density at radius 3 is 2.79 bits per heavy atom. The minimum absolute atomic E-state index is 0.621. The van der Waals surface area contributed by atoms with Gasteiger partial charge in [0.25, 0.3) is 0 Å². The molecule has 98 valence electrons. The Labute approximate surface area is 115 Å². The number of aromatic amines is 1. The van der Waals surface area contributed by atoms with Crippen molar-refractivity contribution in [3.63, 3.8) is 0 Å². The van der Waals surface area contributed by atoms with Crippen LogP contribution < -0.4 is 0 Å². The van der Waals surface area contributed by atoms with Gasteiger partial charge in [-0.2, -0.15) is 0 Å². The lowest BCUT2D eigenvalue weighted by atomic mass is 10.2. The molecule has 0 atom stereocenters. The van der Waals surface area contributed by atoms with Gasteiger partial charge in [-0.05, 0) is 45.1 Å². The van der Waals surface area contributed by atoms with Gasteiger partial charge in [0.1, 0.15) is 5.76 Å². The predicted octanol–water partition coefficient (Wildman–Crippen LogP) is 3.06. The topological polar surface area (TPSA) is 59.6 Å². The van der Waals surface area contributed by atoms with E-state index in [1.165, 1.54) is 0 Å². The fraction of sp³-hybridized carbons (Fsp3) is 0.308. The molecule has 5 nitrogen and oxygen atoms in total. The normalized spacial score (nSPS) is 11.3. The first-order chi connectivity index (χ1) is 9.06. The first kappa shape index (κ1) is 12.1. The molecule has 0 unspecified atom stereocenters. The van der Waals surface area contributed by atoms with Crippen molar-refractivity contribution in [2.45, 2.75) is 27.3 Å². The molecule has 19 heavy (non-hydrogen) atoms. The van der Waals surface area contributed by atoms with E-state index in [1.54, 1.807) is 0 Å². The third kappa shape index (κ3) is 1.98. The van der Waals surface area contributed by atoms with Crippen molar-refractivity contribution >= 4 is 23.4 Å². The highest BCUT2D eigenvalue weighted by atomic mass is 32.1. The molecule has 0 aliphatic carbocycles. The van der Waals surface area contributed by atoms with Crippen molar-refractivity contribution in [2.24, 2.45) is 0 Å². The van der Waals surface area contributed by atoms with Crippen LogP contribution in [0.5, 0.6) is 0 Å². The number of hydrogen-bond donors (Lipinski definition) is 1. The van der Waals surface area contributed by atoms with Crippen LogP contribution in [0.3, 0.4) is 0 Å². The van der Waals surface area contributed by atoms with Crippen LogP contribution in [0.4, 0.5) is 0 Å². The van der Waals surface area contributed by atoms with E-state index in [9.17, 15) is 0 Å². The van der Waals surface area contributed by atoms with E-state index < -0.39 is 0 Å². The van der Waals surface area contributed by atoms with Gasteiger partial charge in [0, 0.05) is 11.3 Å². The van der Waals surface area contributed by atoms with Gasteiger partial charge >= 0.3 is 0 Å². The van der Waals surface area contributed by atoms with E-state index in [-0.39, 0.29) is 0 Å². The molecule has 0 aliphatic rings. The van der Waals surface area contributed by atoms with Crippen molar-refractivity contribution in [2.75, 3.05) is 0 Å². The van der Waals surface area contributed by atoms with Crippen LogP contribution in [0.2, 0.25) is 0 Å². The molecule has 0 saturated heterocycles. The second kappa shape index (κ2) is 4.31. The summed E-state index contributed by atoms with van der Waals surface area (Å²) in [5, 5.41) is 3.97. The molecule has 0 bridgehead atoms. The van der Waals surface area contributed by atoms with Crippen molar-refractivity contribution in [3.8, 4) is 0 Å². The average Bonchev–Trinajstić information content (AvgIpc) is 2.84. The number of rotatable bonds is 2. The van der Waals surface area contributed by atoms with Gasteiger partial charge in [-0.1, -0.05) is 5.16 Å². The van der Waals surface area contributed by atoms with Crippen molar-refractivity contribution in [1.29, 1.82) is 0 Å². The molecular formula is C13H14N4OS. The SMILES string of the molecule is Cc1ccc2[nH]c(=S)n(Cc3c(C)noc3C)c2n1.